The topological polar surface area (TPSA) is 109 Å². The van der Waals surface area contributed by atoms with Crippen LogP contribution in [0, 0.1) is 4.77 Å². The van der Waals surface area contributed by atoms with Crippen molar-refractivity contribution in [3.63, 3.8) is 0 Å². The van der Waals surface area contributed by atoms with Gasteiger partial charge in [-0.05, 0) is 35.8 Å². The summed E-state index contributed by atoms with van der Waals surface area (Å²) < 4.78 is 2.28. The lowest BCUT2D eigenvalue weighted by atomic mass is 10.2. The van der Waals surface area contributed by atoms with E-state index in [9.17, 15) is 9.90 Å². The first-order chi connectivity index (χ1) is 14.1. The number of hydrogen-bond acceptors (Lipinski definition) is 7. The molecule has 3 heterocycles. The van der Waals surface area contributed by atoms with Crippen LogP contribution in [0.25, 0.3) is 22.1 Å². The molecule has 8 nitrogen and oxygen atoms in total. The molecule has 4 aromatic rings. The second-order valence-corrected chi connectivity index (χ2v) is 7.46. The maximum atomic E-state index is 12.3. The number of H-pyrrole nitrogens is 1. The van der Waals surface area contributed by atoms with Gasteiger partial charge in [0.05, 0.1) is 23.0 Å². The number of amides is 1. The summed E-state index contributed by atoms with van der Waals surface area (Å²) in [6.45, 7) is 0.399. The van der Waals surface area contributed by atoms with Gasteiger partial charge in [0.2, 0.25) is 5.91 Å². The number of benzene rings is 1. The molecule has 1 amide bonds. The maximum Gasteiger partial charge on any atom is 0.226 e. The van der Waals surface area contributed by atoms with Gasteiger partial charge in [-0.15, -0.1) is 11.3 Å². The molecule has 0 aliphatic heterocycles. The van der Waals surface area contributed by atoms with Crippen LogP contribution < -0.4 is 5.32 Å². The summed E-state index contributed by atoms with van der Waals surface area (Å²) >= 11 is 6.84. The number of nitrogens with one attached hydrogen (secondary N) is 2. The summed E-state index contributed by atoms with van der Waals surface area (Å²) in [4.78, 5) is 21.8. The van der Waals surface area contributed by atoms with Crippen LogP contribution in [0.3, 0.4) is 0 Å². The minimum absolute atomic E-state index is 0.142. The fraction of sp³-hybridized carbons (Fsp3) is 0.105. The van der Waals surface area contributed by atoms with Gasteiger partial charge in [-0.1, -0.05) is 18.2 Å². The fourth-order valence-corrected chi connectivity index (χ4v) is 3.69. The number of aromatic hydroxyl groups is 1. The molecule has 0 saturated carbocycles. The summed E-state index contributed by atoms with van der Waals surface area (Å²) in [5.74, 6) is 1.14. The van der Waals surface area contributed by atoms with E-state index in [2.05, 4.69) is 25.5 Å². The smallest absolute Gasteiger partial charge is 0.226 e. The van der Waals surface area contributed by atoms with Gasteiger partial charge < -0.3 is 10.4 Å². The normalized spacial score (nSPS) is 10.8. The van der Waals surface area contributed by atoms with Gasteiger partial charge in [0, 0.05) is 18.5 Å². The molecule has 0 spiro atoms. The quantitative estimate of drug-likeness (QED) is 0.406. The molecular weight excluding hydrogens is 408 g/mol. The van der Waals surface area contributed by atoms with Gasteiger partial charge in [0.15, 0.2) is 16.4 Å². The first kappa shape index (κ1) is 19.0. The molecular formula is C19H16N6O2S2. The minimum Gasteiger partial charge on any atom is -0.508 e. The molecule has 0 bridgehead atoms. The van der Waals surface area contributed by atoms with Gasteiger partial charge >= 0.3 is 0 Å². The Morgan fingerprint density at radius 3 is 2.79 bits per heavy atom. The maximum absolute atomic E-state index is 12.3. The van der Waals surface area contributed by atoms with Crippen LogP contribution in [0.1, 0.15) is 6.42 Å². The standard InChI is InChI=1S/C19H16N6O2S2/c26-14-4-1-3-12(9-14)17-20-10-13(11-21-17)22-16(27)6-7-25-18(23-24-19(25)28)15-5-2-8-29-15/h1-5,8-11,26H,6-7H2,(H,22,27)(H,24,28). The second-order valence-electron chi connectivity index (χ2n) is 6.13. The van der Waals surface area contributed by atoms with Crippen molar-refractivity contribution in [2.75, 3.05) is 5.32 Å². The van der Waals surface area contributed by atoms with Crippen molar-refractivity contribution in [2.24, 2.45) is 0 Å². The Hall–Kier alpha value is -3.37. The van der Waals surface area contributed by atoms with Crippen LogP contribution in [0.2, 0.25) is 0 Å². The molecule has 1 aromatic carbocycles. The third-order valence-electron chi connectivity index (χ3n) is 4.10. The minimum atomic E-state index is -0.182. The van der Waals surface area contributed by atoms with Gasteiger partial charge in [-0.25, -0.2) is 9.97 Å². The van der Waals surface area contributed by atoms with Crippen molar-refractivity contribution >= 4 is 35.1 Å². The predicted molar refractivity (Wildman–Crippen MR) is 113 cm³/mol. The van der Waals surface area contributed by atoms with Crippen molar-refractivity contribution < 1.29 is 9.90 Å². The second kappa shape index (κ2) is 8.33. The number of aromatic nitrogens is 5. The van der Waals surface area contributed by atoms with E-state index in [1.165, 1.54) is 12.4 Å². The molecule has 0 unspecified atom stereocenters. The van der Waals surface area contributed by atoms with Crippen LogP contribution in [0.4, 0.5) is 5.69 Å². The average Bonchev–Trinajstić information content (AvgIpc) is 3.37. The Labute approximate surface area is 174 Å². The molecule has 0 saturated heterocycles. The van der Waals surface area contributed by atoms with Crippen molar-refractivity contribution in [3.05, 3.63) is 58.9 Å². The summed E-state index contributed by atoms with van der Waals surface area (Å²) in [5.41, 5.74) is 1.19. The van der Waals surface area contributed by atoms with Gasteiger partial charge in [-0.3, -0.25) is 14.5 Å². The summed E-state index contributed by atoms with van der Waals surface area (Å²) in [7, 11) is 0. The fourth-order valence-electron chi connectivity index (χ4n) is 2.74. The Morgan fingerprint density at radius 1 is 1.24 bits per heavy atom. The SMILES string of the molecule is O=C(CCn1c(-c2cccs2)n[nH]c1=S)Nc1cnc(-c2cccc(O)c2)nc1. The molecule has 146 valence electrons. The van der Waals surface area contributed by atoms with E-state index in [0.717, 1.165) is 10.7 Å². The number of aromatic amines is 1. The van der Waals surface area contributed by atoms with Crippen molar-refractivity contribution in [2.45, 2.75) is 13.0 Å². The highest BCUT2D eigenvalue weighted by atomic mass is 32.1. The van der Waals surface area contributed by atoms with Crippen LogP contribution in [0.15, 0.2) is 54.2 Å². The highest BCUT2D eigenvalue weighted by Gasteiger charge is 2.12. The molecule has 0 aliphatic rings. The zero-order valence-corrected chi connectivity index (χ0v) is 16.7. The number of carbonyl (C=O) groups excluding carboxylic acids is 1. The Balaban J connectivity index is 1.40. The van der Waals surface area contributed by atoms with E-state index in [-0.39, 0.29) is 18.1 Å². The van der Waals surface area contributed by atoms with E-state index in [4.69, 9.17) is 12.2 Å². The lowest BCUT2D eigenvalue weighted by molar-refractivity contribution is -0.116. The largest absolute Gasteiger partial charge is 0.508 e. The van der Waals surface area contributed by atoms with Crippen LogP contribution >= 0.6 is 23.6 Å². The number of thiophene rings is 1. The third-order valence-corrected chi connectivity index (χ3v) is 5.28. The summed E-state index contributed by atoms with van der Waals surface area (Å²) in [6.07, 6.45) is 3.29. The Bertz CT molecular complexity index is 1180. The van der Waals surface area contributed by atoms with Crippen molar-refractivity contribution in [1.82, 2.24) is 24.7 Å². The summed E-state index contributed by atoms with van der Waals surface area (Å²) in [5, 5.41) is 21.3. The van der Waals surface area contributed by atoms with Crippen molar-refractivity contribution in [3.8, 4) is 27.8 Å². The number of phenolic OH excluding ortho intramolecular Hbond substituents is 1. The van der Waals surface area contributed by atoms with Gasteiger partial charge in [0.25, 0.3) is 0 Å². The molecule has 0 radical (unpaired) electrons. The van der Waals surface area contributed by atoms with E-state index in [1.54, 1.807) is 35.6 Å². The van der Waals surface area contributed by atoms with Crippen LogP contribution in [-0.2, 0) is 11.3 Å². The molecule has 3 N–H and O–H groups in total. The van der Waals surface area contributed by atoms with E-state index in [0.29, 0.717) is 28.4 Å². The number of rotatable bonds is 6. The molecule has 29 heavy (non-hydrogen) atoms. The Kier molecular flexibility index (Phi) is 5.45. The predicted octanol–water partition coefficient (Wildman–Crippen LogP) is 3.86. The third kappa shape index (κ3) is 4.39. The zero-order valence-electron chi connectivity index (χ0n) is 15.1. The lowest BCUT2D eigenvalue weighted by Gasteiger charge is -2.07. The first-order valence-electron chi connectivity index (χ1n) is 8.70. The summed E-state index contributed by atoms with van der Waals surface area (Å²) in [6, 6.07) is 10.6. The number of phenols is 1. The molecule has 10 heteroatoms. The van der Waals surface area contributed by atoms with Gasteiger partial charge in [0.1, 0.15) is 5.75 Å². The monoisotopic (exact) mass is 424 g/mol. The highest BCUT2D eigenvalue weighted by molar-refractivity contribution is 7.71. The van der Waals surface area contributed by atoms with Gasteiger partial charge in [-0.2, -0.15) is 5.10 Å². The highest BCUT2D eigenvalue weighted by Crippen LogP contribution is 2.23. The number of nitrogens with zero attached hydrogens (tertiary/aromatic N) is 4. The van der Waals surface area contributed by atoms with E-state index in [1.807, 2.05) is 22.1 Å². The molecule has 3 aromatic heterocycles. The van der Waals surface area contributed by atoms with Crippen LogP contribution in [-0.4, -0.2) is 35.7 Å². The molecule has 0 fully saturated rings. The Morgan fingerprint density at radius 2 is 2.07 bits per heavy atom. The molecule has 4 rings (SSSR count). The van der Waals surface area contributed by atoms with Crippen LogP contribution in [0.5, 0.6) is 5.75 Å². The lowest BCUT2D eigenvalue weighted by Crippen LogP contribution is -2.15. The van der Waals surface area contributed by atoms with E-state index < -0.39 is 0 Å². The first-order valence-corrected chi connectivity index (χ1v) is 9.99. The zero-order chi connectivity index (χ0) is 20.2. The molecule has 0 aliphatic carbocycles. The van der Waals surface area contributed by atoms with E-state index >= 15 is 0 Å². The average molecular weight is 425 g/mol. The number of carbonyl (C=O) groups is 1. The number of anilines is 1. The molecule has 0 atom stereocenters. The number of hydrogen-bond donors (Lipinski definition) is 3. The van der Waals surface area contributed by atoms with Crippen molar-refractivity contribution in [1.29, 1.82) is 0 Å².